The van der Waals surface area contributed by atoms with Gasteiger partial charge >= 0.3 is 0 Å². The Morgan fingerprint density at radius 3 is 2.53 bits per heavy atom. The molecule has 0 bridgehead atoms. The molecular formula is C14H27N3. The van der Waals surface area contributed by atoms with Crippen LogP contribution in [0.5, 0.6) is 0 Å². The summed E-state index contributed by atoms with van der Waals surface area (Å²) in [5, 5.41) is 3.49. The largest absolute Gasteiger partial charge is 0.332 e. The Bertz CT molecular complexity index is 330. The smallest absolute Gasteiger partial charge is 0.109 e. The Balaban J connectivity index is 2.84. The van der Waals surface area contributed by atoms with Crippen LogP contribution >= 0.6 is 0 Å². The molecule has 0 radical (unpaired) electrons. The van der Waals surface area contributed by atoms with Gasteiger partial charge in [0.15, 0.2) is 0 Å². The first kappa shape index (κ1) is 14.2. The summed E-state index contributed by atoms with van der Waals surface area (Å²) in [6.45, 7) is 12.1. The van der Waals surface area contributed by atoms with E-state index in [4.69, 9.17) is 4.98 Å². The molecule has 98 valence electrons. The van der Waals surface area contributed by atoms with Gasteiger partial charge in [0.05, 0.1) is 5.69 Å². The van der Waals surface area contributed by atoms with Gasteiger partial charge in [-0.1, -0.05) is 20.8 Å². The zero-order valence-corrected chi connectivity index (χ0v) is 12.0. The predicted octanol–water partition coefficient (Wildman–Crippen LogP) is 3.48. The number of hydrogen-bond acceptors (Lipinski definition) is 2. The molecule has 1 aromatic rings. The van der Waals surface area contributed by atoms with Crippen molar-refractivity contribution < 1.29 is 0 Å². The average molecular weight is 237 g/mol. The summed E-state index contributed by atoms with van der Waals surface area (Å²) in [6.07, 6.45) is 5.54. The summed E-state index contributed by atoms with van der Waals surface area (Å²) >= 11 is 0. The summed E-state index contributed by atoms with van der Waals surface area (Å²) < 4.78 is 2.33. The highest BCUT2D eigenvalue weighted by Gasteiger charge is 2.14. The second-order valence-corrected chi connectivity index (χ2v) is 4.78. The number of nitrogens with zero attached hydrogens (tertiary/aromatic N) is 2. The van der Waals surface area contributed by atoms with Crippen LogP contribution in [0.2, 0.25) is 0 Å². The van der Waals surface area contributed by atoms with Crippen LogP contribution in [0.25, 0.3) is 0 Å². The standard InChI is InChI=1S/C14H27N3/c1-6-9-15-12(5)13-10-17(11(4)7-2)14(8-3)16-13/h10-12,15H,6-9H2,1-5H3. The van der Waals surface area contributed by atoms with Crippen molar-refractivity contribution in [2.75, 3.05) is 6.54 Å². The molecule has 1 heterocycles. The molecule has 1 aromatic heterocycles. The zero-order chi connectivity index (χ0) is 12.8. The molecule has 3 nitrogen and oxygen atoms in total. The van der Waals surface area contributed by atoms with Gasteiger partial charge in [-0.25, -0.2) is 4.98 Å². The molecule has 2 atom stereocenters. The van der Waals surface area contributed by atoms with E-state index >= 15 is 0 Å². The maximum Gasteiger partial charge on any atom is 0.109 e. The summed E-state index contributed by atoms with van der Waals surface area (Å²) in [4.78, 5) is 4.75. The highest BCUT2D eigenvalue weighted by molar-refractivity contribution is 5.09. The maximum absolute atomic E-state index is 4.75. The Kier molecular flexibility index (Phi) is 5.69. The monoisotopic (exact) mass is 237 g/mol. The number of rotatable bonds is 7. The third-order valence-electron chi connectivity index (χ3n) is 3.35. The summed E-state index contributed by atoms with van der Waals surface area (Å²) in [5.74, 6) is 1.21. The minimum absolute atomic E-state index is 0.352. The van der Waals surface area contributed by atoms with Crippen LogP contribution in [0.1, 0.15) is 71.1 Å². The lowest BCUT2D eigenvalue weighted by Crippen LogP contribution is -2.19. The van der Waals surface area contributed by atoms with E-state index in [1.165, 1.54) is 11.5 Å². The molecule has 0 amide bonds. The lowest BCUT2D eigenvalue weighted by atomic mass is 10.2. The van der Waals surface area contributed by atoms with Crippen LogP contribution in [-0.4, -0.2) is 16.1 Å². The lowest BCUT2D eigenvalue weighted by molar-refractivity contribution is 0.509. The van der Waals surface area contributed by atoms with E-state index in [9.17, 15) is 0 Å². The lowest BCUT2D eigenvalue weighted by Gasteiger charge is -2.13. The van der Waals surface area contributed by atoms with Crippen LogP contribution in [0, 0.1) is 0 Å². The molecular weight excluding hydrogens is 210 g/mol. The van der Waals surface area contributed by atoms with Crippen molar-refractivity contribution in [1.29, 1.82) is 0 Å². The van der Waals surface area contributed by atoms with Crippen molar-refractivity contribution >= 4 is 0 Å². The van der Waals surface area contributed by atoms with Gasteiger partial charge in [-0.2, -0.15) is 0 Å². The first-order valence-electron chi connectivity index (χ1n) is 6.94. The molecule has 0 fully saturated rings. The number of hydrogen-bond donors (Lipinski definition) is 1. The SMILES string of the molecule is CCCNC(C)c1cn(C(C)CC)c(CC)n1. The van der Waals surface area contributed by atoms with Gasteiger partial charge < -0.3 is 9.88 Å². The predicted molar refractivity (Wildman–Crippen MR) is 73.3 cm³/mol. The van der Waals surface area contributed by atoms with E-state index in [-0.39, 0.29) is 0 Å². The van der Waals surface area contributed by atoms with Crippen molar-refractivity contribution in [3.63, 3.8) is 0 Å². The van der Waals surface area contributed by atoms with Crippen LogP contribution in [0.4, 0.5) is 0 Å². The van der Waals surface area contributed by atoms with Gasteiger partial charge in [-0.05, 0) is 33.2 Å². The summed E-state index contributed by atoms with van der Waals surface area (Å²) in [7, 11) is 0. The highest BCUT2D eigenvalue weighted by Crippen LogP contribution is 2.19. The van der Waals surface area contributed by atoms with E-state index in [1.54, 1.807) is 0 Å². The summed E-state index contributed by atoms with van der Waals surface area (Å²) in [6, 6.07) is 0.898. The highest BCUT2D eigenvalue weighted by atomic mass is 15.1. The summed E-state index contributed by atoms with van der Waals surface area (Å²) in [5.41, 5.74) is 1.18. The van der Waals surface area contributed by atoms with Crippen molar-refractivity contribution in [2.24, 2.45) is 0 Å². The van der Waals surface area contributed by atoms with Gasteiger partial charge in [0.1, 0.15) is 5.82 Å². The van der Waals surface area contributed by atoms with Crippen molar-refractivity contribution in [3.05, 3.63) is 17.7 Å². The molecule has 0 aliphatic rings. The van der Waals surface area contributed by atoms with E-state index in [2.05, 4.69) is 50.7 Å². The van der Waals surface area contributed by atoms with Gasteiger partial charge in [-0.15, -0.1) is 0 Å². The Labute approximate surface area is 106 Å². The molecule has 1 N–H and O–H groups in total. The molecule has 2 unspecified atom stereocenters. The number of aromatic nitrogens is 2. The van der Waals surface area contributed by atoms with E-state index in [0.717, 1.165) is 25.8 Å². The number of aryl methyl sites for hydroxylation is 1. The van der Waals surface area contributed by atoms with Crippen molar-refractivity contribution in [2.45, 2.75) is 66.0 Å². The van der Waals surface area contributed by atoms with Gasteiger partial charge in [0.2, 0.25) is 0 Å². The van der Waals surface area contributed by atoms with Crippen LogP contribution < -0.4 is 5.32 Å². The normalized spacial score (nSPS) is 14.9. The van der Waals surface area contributed by atoms with Gasteiger partial charge in [-0.3, -0.25) is 0 Å². The number of nitrogens with one attached hydrogen (secondary N) is 1. The third kappa shape index (κ3) is 3.56. The molecule has 3 heteroatoms. The molecule has 0 spiro atoms. The number of imidazole rings is 1. The first-order valence-corrected chi connectivity index (χ1v) is 6.94. The minimum atomic E-state index is 0.352. The fraction of sp³-hybridized carbons (Fsp3) is 0.786. The zero-order valence-electron chi connectivity index (χ0n) is 12.0. The molecule has 0 aromatic carbocycles. The second-order valence-electron chi connectivity index (χ2n) is 4.78. The van der Waals surface area contributed by atoms with E-state index < -0.39 is 0 Å². The second kappa shape index (κ2) is 6.80. The fourth-order valence-corrected chi connectivity index (χ4v) is 1.97. The molecule has 0 aliphatic heterocycles. The Morgan fingerprint density at radius 1 is 1.29 bits per heavy atom. The maximum atomic E-state index is 4.75. The van der Waals surface area contributed by atoms with E-state index in [1.807, 2.05) is 0 Å². The molecule has 0 saturated carbocycles. The molecule has 0 saturated heterocycles. The average Bonchev–Trinajstić information content (AvgIpc) is 2.79. The van der Waals surface area contributed by atoms with Crippen LogP contribution in [0.3, 0.4) is 0 Å². The topological polar surface area (TPSA) is 29.9 Å². The van der Waals surface area contributed by atoms with Gasteiger partial charge in [0.25, 0.3) is 0 Å². The first-order chi connectivity index (χ1) is 8.13. The third-order valence-corrected chi connectivity index (χ3v) is 3.35. The van der Waals surface area contributed by atoms with Crippen LogP contribution in [0.15, 0.2) is 6.20 Å². The quantitative estimate of drug-likeness (QED) is 0.787. The fourth-order valence-electron chi connectivity index (χ4n) is 1.97. The molecule has 17 heavy (non-hydrogen) atoms. The van der Waals surface area contributed by atoms with E-state index in [0.29, 0.717) is 12.1 Å². The Morgan fingerprint density at radius 2 is 2.00 bits per heavy atom. The minimum Gasteiger partial charge on any atom is -0.332 e. The Hall–Kier alpha value is -0.830. The van der Waals surface area contributed by atoms with Gasteiger partial charge in [0, 0.05) is 24.7 Å². The van der Waals surface area contributed by atoms with Crippen LogP contribution in [-0.2, 0) is 6.42 Å². The van der Waals surface area contributed by atoms with Crippen molar-refractivity contribution in [3.8, 4) is 0 Å². The molecule has 1 rings (SSSR count). The molecule has 0 aliphatic carbocycles. The van der Waals surface area contributed by atoms with Crippen molar-refractivity contribution in [1.82, 2.24) is 14.9 Å².